The van der Waals surface area contributed by atoms with Gasteiger partial charge in [0.05, 0.1) is 5.69 Å². The summed E-state index contributed by atoms with van der Waals surface area (Å²) in [4.78, 5) is 9.25. The second-order valence-corrected chi connectivity index (χ2v) is 6.95. The van der Waals surface area contributed by atoms with E-state index < -0.39 is 0 Å². The summed E-state index contributed by atoms with van der Waals surface area (Å²) in [6.45, 7) is 6.60. The molecule has 0 bridgehead atoms. The fourth-order valence-electron chi connectivity index (χ4n) is 3.46. The molecule has 0 N–H and O–H groups in total. The third-order valence-electron chi connectivity index (χ3n) is 5.09. The first-order valence-electron chi connectivity index (χ1n) is 8.87. The molecule has 8 nitrogen and oxygen atoms in total. The van der Waals surface area contributed by atoms with Gasteiger partial charge in [0, 0.05) is 57.1 Å². The normalized spacial score (nSPS) is 19.0. The van der Waals surface area contributed by atoms with Gasteiger partial charge in [-0.15, -0.1) is 10.2 Å². The van der Waals surface area contributed by atoms with Gasteiger partial charge in [-0.2, -0.15) is 0 Å². The Morgan fingerprint density at radius 1 is 1.16 bits per heavy atom. The van der Waals surface area contributed by atoms with Crippen molar-refractivity contribution in [2.45, 2.75) is 32.2 Å². The Bertz CT molecular complexity index is 889. The van der Waals surface area contributed by atoms with Crippen molar-refractivity contribution in [2.75, 3.05) is 31.1 Å². The maximum atomic E-state index is 5.46. The maximum absolute atomic E-state index is 5.46. The zero-order valence-corrected chi connectivity index (χ0v) is 14.3. The van der Waals surface area contributed by atoms with E-state index in [1.807, 2.05) is 23.7 Å². The number of rotatable bonds is 4. The molecule has 0 radical (unpaired) electrons. The van der Waals surface area contributed by atoms with Crippen LogP contribution in [0.1, 0.15) is 36.0 Å². The van der Waals surface area contributed by atoms with Crippen LogP contribution in [0.3, 0.4) is 0 Å². The van der Waals surface area contributed by atoms with Gasteiger partial charge in [-0.25, -0.2) is 4.98 Å². The van der Waals surface area contributed by atoms with Crippen LogP contribution in [0.2, 0.25) is 0 Å². The Balaban J connectivity index is 1.25. The Hall–Kier alpha value is -2.48. The molecule has 0 spiro atoms. The lowest BCUT2D eigenvalue weighted by molar-refractivity contribution is 0.241. The Kier molecular flexibility index (Phi) is 3.44. The summed E-state index contributed by atoms with van der Waals surface area (Å²) < 4.78 is 7.45. The van der Waals surface area contributed by atoms with Gasteiger partial charge in [-0.3, -0.25) is 9.30 Å². The molecular formula is C17H21N7O. The summed E-state index contributed by atoms with van der Waals surface area (Å²) in [5, 5.41) is 12.7. The van der Waals surface area contributed by atoms with Crippen molar-refractivity contribution in [2.24, 2.45) is 0 Å². The summed E-state index contributed by atoms with van der Waals surface area (Å²) in [5.74, 6) is 3.48. The number of aromatic nitrogens is 5. The smallest absolute Gasteiger partial charge is 0.203 e. The molecule has 1 saturated heterocycles. The predicted molar refractivity (Wildman–Crippen MR) is 91.5 cm³/mol. The molecule has 3 aromatic rings. The number of hydrogen-bond donors (Lipinski definition) is 0. The van der Waals surface area contributed by atoms with Gasteiger partial charge in [0.15, 0.2) is 5.82 Å². The Labute approximate surface area is 145 Å². The van der Waals surface area contributed by atoms with Gasteiger partial charge in [0.1, 0.15) is 11.6 Å². The van der Waals surface area contributed by atoms with Gasteiger partial charge in [-0.1, -0.05) is 5.16 Å². The van der Waals surface area contributed by atoms with E-state index in [2.05, 4.69) is 36.2 Å². The number of nitrogens with zero attached hydrogens (tertiary/aromatic N) is 7. The van der Waals surface area contributed by atoms with Crippen molar-refractivity contribution in [1.82, 2.24) is 29.6 Å². The maximum Gasteiger partial charge on any atom is 0.203 e. The van der Waals surface area contributed by atoms with Crippen molar-refractivity contribution in [3.63, 3.8) is 0 Å². The molecule has 2 fully saturated rings. The number of aryl methyl sites for hydroxylation is 1. The van der Waals surface area contributed by atoms with E-state index >= 15 is 0 Å². The molecule has 3 aromatic heterocycles. The van der Waals surface area contributed by atoms with Crippen LogP contribution in [-0.2, 0) is 6.54 Å². The van der Waals surface area contributed by atoms with Crippen LogP contribution in [0.4, 0.5) is 5.82 Å². The van der Waals surface area contributed by atoms with Gasteiger partial charge >= 0.3 is 0 Å². The zero-order chi connectivity index (χ0) is 16.8. The molecule has 0 atom stereocenters. The van der Waals surface area contributed by atoms with E-state index in [-0.39, 0.29) is 0 Å². The van der Waals surface area contributed by atoms with Gasteiger partial charge in [0.25, 0.3) is 0 Å². The molecule has 130 valence electrons. The first kappa shape index (κ1) is 14.8. The van der Waals surface area contributed by atoms with E-state index in [4.69, 9.17) is 4.52 Å². The Morgan fingerprint density at radius 3 is 2.80 bits per heavy atom. The monoisotopic (exact) mass is 339 g/mol. The third kappa shape index (κ3) is 2.76. The molecule has 5 rings (SSSR count). The van der Waals surface area contributed by atoms with E-state index in [1.54, 1.807) is 0 Å². The quantitative estimate of drug-likeness (QED) is 0.715. The predicted octanol–water partition coefficient (Wildman–Crippen LogP) is 1.62. The fourth-order valence-corrected chi connectivity index (χ4v) is 3.46. The summed E-state index contributed by atoms with van der Waals surface area (Å²) in [6.07, 6.45) is 6.22. The Morgan fingerprint density at radius 2 is 2.00 bits per heavy atom. The lowest BCUT2D eigenvalue weighted by atomic mass is 10.2. The highest BCUT2D eigenvalue weighted by Crippen LogP contribution is 2.40. The van der Waals surface area contributed by atoms with Crippen LogP contribution >= 0.6 is 0 Å². The zero-order valence-electron chi connectivity index (χ0n) is 14.3. The summed E-state index contributed by atoms with van der Waals surface area (Å²) in [5.41, 5.74) is 1.88. The second kappa shape index (κ2) is 5.80. The summed E-state index contributed by atoms with van der Waals surface area (Å²) in [7, 11) is 0. The molecule has 0 aromatic carbocycles. The molecule has 2 aliphatic rings. The molecule has 1 saturated carbocycles. The highest BCUT2D eigenvalue weighted by molar-refractivity contribution is 5.63. The number of anilines is 1. The standard InChI is InChI=1S/C17H21N7O/c1-12-19-20-17-16(18-4-5-24(12)17)23-8-6-22(7-9-23)11-14-10-15(25-21-14)13-2-3-13/h4-5,10,13H,2-3,6-9,11H2,1H3. The van der Waals surface area contributed by atoms with Crippen molar-refractivity contribution >= 4 is 11.5 Å². The first-order chi connectivity index (χ1) is 12.3. The van der Waals surface area contributed by atoms with Gasteiger partial charge in [0.2, 0.25) is 5.65 Å². The van der Waals surface area contributed by atoms with Gasteiger partial charge in [-0.05, 0) is 19.8 Å². The van der Waals surface area contributed by atoms with Gasteiger partial charge < -0.3 is 9.42 Å². The van der Waals surface area contributed by atoms with Crippen LogP contribution in [-0.4, -0.2) is 55.8 Å². The number of hydrogen-bond acceptors (Lipinski definition) is 7. The van der Waals surface area contributed by atoms with E-state index in [9.17, 15) is 0 Å². The van der Waals surface area contributed by atoms with Crippen LogP contribution in [0.5, 0.6) is 0 Å². The molecule has 0 amide bonds. The average molecular weight is 339 g/mol. The SMILES string of the molecule is Cc1nnc2c(N3CCN(Cc4cc(C5CC5)on4)CC3)nccn12. The number of piperazine rings is 1. The van der Waals surface area contributed by atoms with Crippen molar-refractivity contribution < 1.29 is 4.52 Å². The second-order valence-electron chi connectivity index (χ2n) is 6.95. The largest absolute Gasteiger partial charge is 0.361 e. The minimum absolute atomic E-state index is 0.622. The van der Waals surface area contributed by atoms with Crippen molar-refractivity contribution in [1.29, 1.82) is 0 Å². The first-order valence-corrected chi connectivity index (χ1v) is 8.87. The van der Waals surface area contributed by atoms with Crippen LogP contribution in [0, 0.1) is 6.92 Å². The van der Waals surface area contributed by atoms with E-state index in [0.717, 1.165) is 61.5 Å². The molecule has 1 aliphatic carbocycles. The number of fused-ring (bicyclic) bond motifs is 1. The summed E-state index contributed by atoms with van der Waals surface area (Å²) in [6, 6.07) is 2.13. The minimum Gasteiger partial charge on any atom is -0.361 e. The van der Waals surface area contributed by atoms with Crippen LogP contribution < -0.4 is 4.90 Å². The highest BCUT2D eigenvalue weighted by Gasteiger charge is 2.28. The molecule has 1 aliphatic heterocycles. The lowest BCUT2D eigenvalue weighted by Gasteiger charge is -2.34. The highest BCUT2D eigenvalue weighted by atomic mass is 16.5. The molecule has 0 unspecified atom stereocenters. The molecule has 25 heavy (non-hydrogen) atoms. The van der Waals surface area contributed by atoms with Crippen molar-refractivity contribution in [3.8, 4) is 0 Å². The molecule has 8 heteroatoms. The topological polar surface area (TPSA) is 75.6 Å². The average Bonchev–Trinajstić information content (AvgIpc) is 3.28. The summed E-state index contributed by atoms with van der Waals surface area (Å²) >= 11 is 0. The molecular weight excluding hydrogens is 318 g/mol. The fraction of sp³-hybridized carbons (Fsp3) is 0.529. The third-order valence-corrected chi connectivity index (χ3v) is 5.09. The van der Waals surface area contributed by atoms with Crippen LogP contribution in [0.15, 0.2) is 23.0 Å². The van der Waals surface area contributed by atoms with Crippen molar-refractivity contribution in [3.05, 3.63) is 35.7 Å². The minimum atomic E-state index is 0.622. The van der Waals surface area contributed by atoms with E-state index in [1.165, 1.54) is 12.8 Å². The van der Waals surface area contributed by atoms with E-state index in [0.29, 0.717) is 5.92 Å². The molecule has 4 heterocycles. The van der Waals surface area contributed by atoms with Crippen LogP contribution in [0.25, 0.3) is 5.65 Å². The lowest BCUT2D eigenvalue weighted by Crippen LogP contribution is -2.46.